The summed E-state index contributed by atoms with van der Waals surface area (Å²) in [4.78, 5) is 38.7. The molecule has 1 N–H and O–H groups in total. The largest absolute Gasteiger partial charge is 0.325 e. The van der Waals surface area contributed by atoms with Gasteiger partial charge in [-0.2, -0.15) is 0 Å². The molecule has 0 aliphatic carbocycles. The molecule has 1 aliphatic rings. The van der Waals surface area contributed by atoms with Crippen molar-refractivity contribution in [3.63, 3.8) is 0 Å². The lowest BCUT2D eigenvalue weighted by Crippen LogP contribution is -2.43. The summed E-state index contributed by atoms with van der Waals surface area (Å²) >= 11 is 3.29. The maximum atomic E-state index is 13.2. The molecule has 7 heteroatoms. The van der Waals surface area contributed by atoms with Gasteiger partial charge in [0.1, 0.15) is 11.4 Å². The summed E-state index contributed by atoms with van der Waals surface area (Å²) in [6, 6.07) is 11.5. The predicted molar refractivity (Wildman–Crippen MR) is 97.1 cm³/mol. The van der Waals surface area contributed by atoms with Crippen molar-refractivity contribution in [2.45, 2.75) is 18.9 Å². The predicted octanol–water partition coefficient (Wildman–Crippen LogP) is 3.63. The van der Waals surface area contributed by atoms with E-state index in [2.05, 4.69) is 21.2 Å². The minimum Gasteiger partial charge on any atom is -0.319 e. The minimum absolute atomic E-state index is 0.284. The number of urea groups is 1. The van der Waals surface area contributed by atoms with Crippen molar-refractivity contribution in [1.29, 1.82) is 0 Å². The number of nitrogens with one attached hydrogen (secondary N) is 1. The number of hydrogen-bond acceptors (Lipinski definition) is 3. The van der Waals surface area contributed by atoms with Gasteiger partial charge in [-0.15, -0.1) is 0 Å². The van der Waals surface area contributed by atoms with Crippen LogP contribution in [0.25, 0.3) is 0 Å². The molecule has 0 saturated carbocycles. The Bertz CT molecular complexity index is 867. The first kappa shape index (κ1) is 18.3. The van der Waals surface area contributed by atoms with Crippen molar-refractivity contribution >= 4 is 33.7 Å². The highest BCUT2D eigenvalue weighted by Crippen LogP contribution is 2.32. The molecule has 0 aromatic heterocycles. The molecule has 1 unspecified atom stereocenters. The number of halogens is 2. The van der Waals surface area contributed by atoms with E-state index in [9.17, 15) is 18.8 Å². The fourth-order valence-electron chi connectivity index (χ4n) is 3.01. The third-order valence-electron chi connectivity index (χ3n) is 4.51. The smallest absolute Gasteiger partial charge is 0.319 e. The van der Waals surface area contributed by atoms with Crippen molar-refractivity contribution in [3.8, 4) is 0 Å². The van der Waals surface area contributed by atoms with Gasteiger partial charge in [-0.1, -0.05) is 47.1 Å². The lowest BCUT2D eigenvalue weighted by atomic mass is 9.87. The van der Waals surface area contributed by atoms with Gasteiger partial charge in [0.2, 0.25) is 0 Å². The van der Waals surface area contributed by atoms with Crippen LogP contribution in [0.3, 0.4) is 0 Å². The number of benzene rings is 2. The van der Waals surface area contributed by atoms with E-state index in [1.54, 1.807) is 31.2 Å². The van der Waals surface area contributed by atoms with E-state index in [0.29, 0.717) is 11.1 Å². The molecular weight excluding hydrogens is 403 g/mol. The number of ketones is 1. The zero-order chi connectivity index (χ0) is 18.9. The van der Waals surface area contributed by atoms with Crippen molar-refractivity contribution in [2.75, 3.05) is 6.54 Å². The van der Waals surface area contributed by atoms with Crippen LogP contribution >= 0.6 is 15.9 Å². The average Bonchev–Trinajstić information content (AvgIpc) is 2.88. The van der Waals surface area contributed by atoms with Gasteiger partial charge in [0.15, 0.2) is 5.78 Å². The Hall–Kier alpha value is -2.54. The molecule has 0 bridgehead atoms. The van der Waals surface area contributed by atoms with Crippen LogP contribution in [0.2, 0.25) is 0 Å². The molecule has 2 aromatic rings. The molecule has 1 aliphatic heterocycles. The van der Waals surface area contributed by atoms with Gasteiger partial charge >= 0.3 is 6.03 Å². The van der Waals surface area contributed by atoms with Gasteiger partial charge in [-0.25, -0.2) is 9.18 Å². The van der Waals surface area contributed by atoms with Crippen LogP contribution in [0, 0.1) is 5.82 Å². The highest BCUT2D eigenvalue weighted by atomic mass is 79.9. The third kappa shape index (κ3) is 3.14. The molecule has 134 valence electrons. The Labute approximate surface area is 158 Å². The monoisotopic (exact) mass is 418 g/mol. The zero-order valence-corrected chi connectivity index (χ0v) is 15.5. The van der Waals surface area contributed by atoms with Crippen LogP contribution in [0.1, 0.15) is 29.3 Å². The van der Waals surface area contributed by atoms with Crippen LogP contribution < -0.4 is 5.32 Å². The molecule has 3 rings (SSSR count). The molecule has 2 aromatic carbocycles. The number of carbonyl (C=O) groups is 3. The number of carbonyl (C=O) groups excluding carboxylic acids is 3. The quantitative estimate of drug-likeness (QED) is 0.595. The van der Waals surface area contributed by atoms with E-state index < -0.39 is 23.3 Å². The van der Waals surface area contributed by atoms with Gasteiger partial charge in [0, 0.05) is 10.0 Å². The third-order valence-corrected chi connectivity index (χ3v) is 5.04. The molecule has 26 heavy (non-hydrogen) atoms. The molecule has 1 heterocycles. The molecule has 0 spiro atoms. The molecule has 0 radical (unpaired) electrons. The Kier molecular flexibility index (Phi) is 4.91. The topological polar surface area (TPSA) is 66.5 Å². The van der Waals surface area contributed by atoms with E-state index >= 15 is 0 Å². The van der Waals surface area contributed by atoms with Crippen molar-refractivity contribution < 1.29 is 18.8 Å². The number of hydrogen-bond donors (Lipinski definition) is 1. The van der Waals surface area contributed by atoms with Gasteiger partial charge in [0.25, 0.3) is 5.91 Å². The SMILES string of the molecule is CCC1(c2ccc(F)cc2)NC(=O)N(CC(=O)c2ccc(Br)cc2)C1=O. The lowest BCUT2D eigenvalue weighted by molar-refractivity contribution is -0.131. The molecule has 1 atom stereocenters. The normalized spacial score (nSPS) is 19.6. The lowest BCUT2D eigenvalue weighted by Gasteiger charge is -2.25. The highest BCUT2D eigenvalue weighted by molar-refractivity contribution is 9.10. The van der Waals surface area contributed by atoms with Crippen molar-refractivity contribution in [2.24, 2.45) is 0 Å². The molecule has 1 saturated heterocycles. The number of imide groups is 1. The number of rotatable bonds is 5. The number of Topliss-reactive ketones (excluding diaryl/α,β-unsaturated/α-hetero) is 1. The van der Waals surface area contributed by atoms with E-state index in [1.807, 2.05) is 0 Å². The maximum Gasteiger partial charge on any atom is 0.325 e. The van der Waals surface area contributed by atoms with Crippen LogP contribution in [-0.2, 0) is 10.3 Å². The summed E-state index contributed by atoms with van der Waals surface area (Å²) in [5.41, 5.74) is -0.395. The van der Waals surface area contributed by atoms with Crippen molar-refractivity contribution in [1.82, 2.24) is 10.2 Å². The van der Waals surface area contributed by atoms with Gasteiger partial charge < -0.3 is 5.32 Å². The summed E-state index contributed by atoms with van der Waals surface area (Å²) in [7, 11) is 0. The Morgan fingerprint density at radius 2 is 1.73 bits per heavy atom. The van der Waals surface area contributed by atoms with Crippen LogP contribution in [0.5, 0.6) is 0 Å². The highest BCUT2D eigenvalue weighted by Gasteiger charge is 2.51. The summed E-state index contributed by atoms with van der Waals surface area (Å²) in [6.07, 6.45) is 0.284. The second-order valence-corrected chi connectivity index (χ2v) is 6.93. The van der Waals surface area contributed by atoms with E-state index in [4.69, 9.17) is 0 Å². The first-order valence-corrected chi connectivity index (χ1v) is 8.85. The van der Waals surface area contributed by atoms with Crippen LogP contribution in [-0.4, -0.2) is 29.2 Å². The van der Waals surface area contributed by atoms with Crippen LogP contribution in [0.15, 0.2) is 53.0 Å². The fourth-order valence-corrected chi connectivity index (χ4v) is 3.28. The summed E-state index contributed by atoms with van der Waals surface area (Å²) < 4.78 is 14.0. The first-order valence-electron chi connectivity index (χ1n) is 8.06. The first-order chi connectivity index (χ1) is 12.4. The Morgan fingerprint density at radius 1 is 1.12 bits per heavy atom. The zero-order valence-electron chi connectivity index (χ0n) is 14.0. The Morgan fingerprint density at radius 3 is 2.31 bits per heavy atom. The van der Waals surface area contributed by atoms with E-state index in [0.717, 1.165) is 9.37 Å². The summed E-state index contributed by atoms with van der Waals surface area (Å²) in [6.45, 7) is 1.40. The molecule has 1 fully saturated rings. The Balaban J connectivity index is 1.87. The van der Waals surface area contributed by atoms with Crippen molar-refractivity contribution in [3.05, 3.63) is 69.9 Å². The molecule has 3 amide bonds. The maximum absolute atomic E-state index is 13.2. The number of nitrogens with zero attached hydrogens (tertiary/aromatic N) is 1. The second-order valence-electron chi connectivity index (χ2n) is 6.02. The molecule has 5 nitrogen and oxygen atoms in total. The summed E-state index contributed by atoms with van der Waals surface area (Å²) in [5, 5.41) is 2.67. The fraction of sp³-hybridized carbons (Fsp3) is 0.211. The second kappa shape index (κ2) is 6.99. The van der Waals surface area contributed by atoms with Crippen LogP contribution in [0.4, 0.5) is 9.18 Å². The van der Waals surface area contributed by atoms with Gasteiger partial charge in [-0.3, -0.25) is 14.5 Å². The van der Waals surface area contributed by atoms with Gasteiger partial charge in [-0.05, 0) is 36.2 Å². The number of amides is 3. The minimum atomic E-state index is -1.29. The molecular formula is C19H16BrFN2O3. The average molecular weight is 419 g/mol. The van der Waals surface area contributed by atoms with Gasteiger partial charge in [0.05, 0.1) is 6.54 Å². The standard InChI is InChI=1S/C19H16BrFN2O3/c1-2-19(13-5-9-15(21)10-6-13)17(25)23(18(26)22-19)11-16(24)12-3-7-14(20)8-4-12/h3-10H,2,11H2,1H3,(H,22,26). The van der Waals surface area contributed by atoms with E-state index in [-0.39, 0.29) is 18.7 Å². The van der Waals surface area contributed by atoms with E-state index in [1.165, 1.54) is 24.3 Å². The summed E-state index contributed by atoms with van der Waals surface area (Å²) in [5.74, 6) is -1.28.